The van der Waals surface area contributed by atoms with E-state index in [9.17, 15) is 9.59 Å². The summed E-state index contributed by atoms with van der Waals surface area (Å²) in [6, 6.07) is 5.35. The number of carbonyl (C=O) groups excluding carboxylic acids is 1. The van der Waals surface area contributed by atoms with Gasteiger partial charge >= 0.3 is 5.97 Å². The largest absolute Gasteiger partial charge is 0.492 e. The van der Waals surface area contributed by atoms with Crippen LogP contribution in [0.3, 0.4) is 0 Å². The number of benzene rings is 1. The molecule has 1 heterocycles. The first-order valence-electron chi connectivity index (χ1n) is 6.35. The van der Waals surface area contributed by atoms with Gasteiger partial charge < -0.3 is 14.7 Å². The van der Waals surface area contributed by atoms with Crippen LogP contribution >= 0.6 is 11.6 Å². The van der Waals surface area contributed by atoms with E-state index in [-0.39, 0.29) is 24.8 Å². The van der Waals surface area contributed by atoms with Gasteiger partial charge in [-0.15, -0.1) is 0 Å². The number of carbonyl (C=O) groups is 2. The van der Waals surface area contributed by atoms with Gasteiger partial charge in [-0.25, -0.2) is 0 Å². The third-order valence-corrected chi connectivity index (χ3v) is 3.55. The third-order valence-electron chi connectivity index (χ3n) is 3.32. The lowest BCUT2D eigenvalue weighted by atomic mass is 9.95. The summed E-state index contributed by atoms with van der Waals surface area (Å²) in [6.07, 6.45) is 0.504. The summed E-state index contributed by atoms with van der Waals surface area (Å²) in [5.41, 5.74) is 0.911. The van der Waals surface area contributed by atoms with E-state index >= 15 is 0 Å². The molecule has 1 aliphatic rings. The second-order valence-electron chi connectivity index (χ2n) is 4.87. The number of rotatable bonds is 4. The highest BCUT2D eigenvalue weighted by molar-refractivity contribution is 6.30. The average molecular weight is 298 g/mol. The van der Waals surface area contributed by atoms with Crippen molar-refractivity contribution in [3.8, 4) is 5.75 Å². The second kappa shape index (κ2) is 6.13. The molecular weight excluding hydrogens is 282 g/mol. The lowest BCUT2D eigenvalue weighted by molar-refractivity contribution is -0.139. The maximum absolute atomic E-state index is 12.2. The topological polar surface area (TPSA) is 66.8 Å². The van der Waals surface area contributed by atoms with Crippen LogP contribution in [0.15, 0.2) is 18.2 Å². The summed E-state index contributed by atoms with van der Waals surface area (Å²) < 4.78 is 5.57. The van der Waals surface area contributed by atoms with Gasteiger partial charge in [0.2, 0.25) is 5.91 Å². The van der Waals surface area contributed by atoms with Crippen LogP contribution in [0.1, 0.15) is 12.0 Å². The molecule has 1 aromatic rings. The fourth-order valence-corrected chi connectivity index (χ4v) is 2.40. The summed E-state index contributed by atoms with van der Waals surface area (Å²) in [4.78, 5) is 24.2. The minimum atomic E-state index is -0.915. The fourth-order valence-electron chi connectivity index (χ4n) is 2.21. The molecule has 1 aromatic carbocycles. The average Bonchev–Trinajstić information content (AvgIpc) is 2.43. The fraction of sp³-hybridized carbons (Fsp3) is 0.429. The zero-order valence-corrected chi connectivity index (χ0v) is 11.9. The quantitative estimate of drug-likeness (QED) is 0.920. The molecule has 0 aromatic heterocycles. The van der Waals surface area contributed by atoms with Crippen LogP contribution in [0.5, 0.6) is 5.75 Å². The van der Waals surface area contributed by atoms with E-state index in [0.717, 1.165) is 11.3 Å². The molecule has 0 fully saturated rings. The maximum atomic E-state index is 12.2. The molecule has 6 heteroatoms. The monoisotopic (exact) mass is 297 g/mol. The maximum Gasteiger partial charge on any atom is 0.305 e. The molecule has 0 aliphatic carbocycles. The van der Waals surface area contributed by atoms with E-state index in [1.165, 1.54) is 4.90 Å². The molecule has 1 atom stereocenters. The lowest BCUT2D eigenvalue weighted by Crippen LogP contribution is -2.39. The van der Waals surface area contributed by atoms with Crippen molar-refractivity contribution in [2.24, 2.45) is 5.92 Å². The molecule has 2 rings (SSSR count). The third kappa shape index (κ3) is 3.42. The number of halogens is 1. The number of ether oxygens (including phenoxy) is 1. The Labute approximate surface area is 122 Å². The molecule has 1 N–H and O–H groups in total. The van der Waals surface area contributed by atoms with E-state index in [1.54, 1.807) is 25.2 Å². The van der Waals surface area contributed by atoms with E-state index in [0.29, 0.717) is 18.1 Å². The van der Waals surface area contributed by atoms with Gasteiger partial charge in [0.1, 0.15) is 12.4 Å². The van der Waals surface area contributed by atoms with Gasteiger partial charge in [0.25, 0.3) is 0 Å². The number of nitrogens with zero attached hydrogens (tertiary/aromatic N) is 1. The predicted octanol–water partition coefficient (Wildman–Crippen LogP) is 1.82. The summed E-state index contributed by atoms with van der Waals surface area (Å²) in [5.74, 6) is -0.551. The Hall–Kier alpha value is -1.75. The van der Waals surface area contributed by atoms with Gasteiger partial charge in [-0.05, 0) is 30.2 Å². The summed E-state index contributed by atoms with van der Waals surface area (Å²) in [7, 11) is 1.61. The first-order chi connectivity index (χ1) is 9.47. The molecule has 1 amide bonds. The van der Waals surface area contributed by atoms with Gasteiger partial charge in [0.15, 0.2) is 0 Å². The van der Waals surface area contributed by atoms with Crippen LogP contribution in [0, 0.1) is 5.92 Å². The number of carboxylic acid groups (broad SMARTS) is 1. The molecule has 0 unspecified atom stereocenters. The minimum Gasteiger partial charge on any atom is -0.492 e. The van der Waals surface area contributed by atoms with Crippen molar-refractivity contribution in [2.75, 3.05) is 20.2 Å². The zero-order chi connectivity index (χ0) is 14.7. The highest BCUT2D eigenvalue weighted by Gasteiger charge is 2.28. The SMILES string of the molecule is CN(CCC(=O)O)C(=O)[C@@H]1COc2ccc(Cl)cc2C1. The molecule has 5 nitrogen and oxygen atoms in total. The van der Waals surface area contributed by atoms with Crippen LogP contribution in [-0.4, -0.2) is 42.1 Å². The van der Waals surface area contributed by atoms with E-state index < -0.39 is 5.97 Å². The molecule has 0 saturated heterocycles. The second-order valence-corrected chi connectivity index (χ2v) is 5.30. The van der Waals surface area contributed by atoms with E-state index in [1.807, 2.05) is 0 Å². The summed E-state index contributed by atoms with van der Waals surface area (Å²) in [6.45, 7) is 0.512. The van der Waals surface area contributed by atoms with Crippen molar-refractivity contribution in [2.45, 2.75) is 12.8 Å². The Bertz CT molecular complexity index is 532. The molecule has 108 valence electrons. The van der Waals surface area contributed by atoms with Crippen molar-refractivity contribution >= 4 is 23.5 Å². The van der Waals surface area contributed by atoms with E-state index in [4.69, 9.17) is 21.4 Å². The Morgan fingerprint density at radius 2 is 2.25 bits per heavy atom. The van der Waals surface area contributed by atoms with Crippen LogP contribution in [0.25, 0.3) is 0 Å². The molecule has 0 spiro atoms. The number of hydrogen-bond acceptors (Lipinski definition) is 3. The minimum absolute atomic E-state index is 0.0573. The predicted molar refractivity (Wildman–Crippen MR) is 74.0 cm³/mol. The van der Waals surface area contributed by atoms with Gasteiger partial charge in [-0.1, -0.05) is 11.6 Å². The Balaban J connectivity index is 2.01. The summed E-state index contributed by atoms with van der Waals surface area (Å²) in [5, 5.41) is 9.25. The standard InChI is InChI=1S/C14H16ClNO4/c1-16(5-4-13(17)18)14(19)10-6-9-7-11(15)2-3-12(9)20-8-10/h2-3,7,10H,4-6,8H2,1H3,(H,17,18)/t10-/m0/s1. The molecule has 0 radical (unpaired) electrons. The Kier molecular flexibility index (Phi) is 4.49. The first kappa shape index (κ1) is 14.7. The van der Waals surface area contributed by atoms with Crippen molar-refractivity contribution in [1.29, 1.82) is 0 Å². The van der Waals surface area contributed by atoms with Gasteiger partial charge in [-0.2, -0.15) is 0 Å². The molecule has 1 aliphatic heterocycles. The van der Waals surface area contributed by atoms with Gasteiger partial charge in [-0.3, -0.25) is 9.59 Å². The number of carboxylic acids is 1. The highest BCUT2D eigenvalue weighted by Crippen LogP contribution is 2.30. The Morgan fingerprint density at radius 1 is 1.50 bits per heavy atom. The zero-order valence-electron chi connectivity index (χ0n) is 11.1. The van der Waals surface area contributed by atoms with Crippen molar-refractivity contribution in [3.63, 3.8) is 0 Å². The molecule has 20 heavy (non-hydrogen) atoms. The van der Waals surface area contributed by atoms with Gasteiger partial charge in [0.05, 0.1) is 12.3 Å². The molecule has 0 bridgehead atoms. The van der Waals surface area contributed by atoms with Crippen LogP contribution < -0.4 is 4.74 Å². The van der Waals surface area contributed by atoms with Crippen molar-refractivity contribution in [3.05, 3.63) is 28.8 Å². The number of hydrogen-bond donors (Lipinski definition) is 1. The lowest BCUT2D eigenvalue weighted by Gasteiger charge is -2.28. The van der Waals surface area contributed by atoms with Crippen molar-refractivity contribution < 1.29 is 19.4 Å². The van der Waals surface area contributed by atoms with Crippen LogP contribution in [0.4, 0.5) is 0 Å². The normalized spacial score (nSPS) is 17.0. The van der Waals surface area contributed by atoms with E-state index in [2.05, 4.69) is 0 Å². The highest BCUT2D eigenvalue weighted by atomic mass is 35.5. The van der Waals surface area contributed by atoms with Crippen LogP contribution in [0.2, 0.25) is 5.02 Å². The smallest absolute Gasteiger partial charge is 0.305 e. The number of aliphatic carboxylic acids is 1. The van der Waals surface area contributed by atoms with Crippen LogP contribution in [-0.2, 0) is 16.0 Å². The molecule has 0 saturated carbocycles. The Morgan fingerprint density at radius 3 is 2.95 bits per heavy atom. The first-order valence-corrected chi connectivity index (χ1v) is 6.73. The molecular formula is C14H16ClNO4. The van der Waals surface area contributed by atoms with Gasteiger partial charge in [0, 0.05) is 18.6 Å². The number of fused-ring (bicyclic) bond motifs is 1. The summed E-state index contributed by atoms with van der Waals surface area (Å²) >= 11 is 5.93. The van der Waals surface area contributed by atoms with Crippen molar-refractivity contribution in [1.82, 2.24) is 4.90 Å². The number of amides is 1.